The van der Waals surface area contributed by atoms with E-state index in [2.05, 4.69) is 61.0 Å². The molecule has 3 nitrogen and oxygen atoms in total. The Kier molecular flexibility index (Phi) is 5.53. The number of hydrogen-bond acceptors (Lipinski definition) is 3. The Bertz CT molecular complexity index is 629. The van der Waals surface area contributed by atoms with Gasteiger partial charge in [-0.3, -0.25) is 0 Å². The molecule has 1 unspecified atom stereocenters. The fourth-order valence-corrected chi connectivity index (χ4v) is 4.40. The molecule has 0 radical (unpaired) electrons. The highest BCUT2D eigenvalue weighted by atomic mass is 16.3. The Labute approximate surface area is 152 Å². The molecule has 1 aliphatic heterocycles. The SMILES string of the molecule is C=C(C)C1=C(C)NC(CCC2(O)CCCCC2)N1Cc1ccccc1. The number of benzene rings is 1. The summed E-state index contributed by atoms with van der Waals surface area (Å²) < 4.78 is 0. The van der Waals surface area contributed by atoms with E-state index < -0.39 is 5.60 Å². The van der Waals surface area contributed by atoms with Gasteiger partial charge in [-0.1, -0.05) is 56.2 Å². The summed E-state index contributed by atoms with van der Waals surface area (Å²) in [7, 11) is 0. The lowest BCUT2D eigenvalue weighted by Crippen LogP contribution is -2.40. The first-order chi connectivity index (χ1) is 12.0. The van der Waals surface area contributed by atoms with Crippen LogP contribution in [0, 0.1) is 0 Å². The third kappa shape index (κ3) is 4.27. The van der Waals surface area contributed by atoms with Crippen LogP contribution in [0.15, 0.2) is 53.9 Å². The van der Waals surface area contributed by atoms with Crippen LogP contribution in [0.3, 0.4) is 0 Å². The van der Waals surface area contributed by atoms with Gasteiger partial charge < -0.3 is 15.3 Å². The van der Waals surface area contributed by atoms with Gasteiger partial charge in [0.05, 0.1) is 17.5 Å². The van der Waals surface area contributed by atoms with Crippen LogP contribution >= 0.6 is 0 Å². The molecule has 0 bridgehead atoms. The van der Waals surface area contributed by atoms with Gasteiger partial charge in [0, 0.05) is 12.2 Å². The average Bonchev–Trinajstić information content (AvgIpc) is 2.90. The molecule has 1 saturated carbocycles. The molecule has 0 aromatic heterocycles. The summed E-state index contributed by atoms with van der Waals surface area (Å²) >= 11 is 0. The van der Waals surface area contributed by atoms with E-state index in [4.69, 9.17) is 0 Å². The van der Waals surface area contributed by atoms with Crippen molar-refractivity contribution in [1.82, 2.24) is 10.2 Å². The Morgan fingerprint density at radius 1 is 1.24 bits per heavy atom. The van der Waals surface area contributed by atoms with E-state index >= 15 is 0 Å². The average molecular weight is 341 g/mol. The zero-order valence-corrected chi connectivity index (χ0v) is 15.7. The van der Waals surface area contributed by atoms with Gasteiger partial charge in [-0.2, -0.15) is 0 Å². The normalized spacial score (nSPS) is 22.8. The third-order valence-electron chi connectivity index (χ3n) is 5.67. The highest BCUT2D eigenvalue weighted by Gasteiger charge is 2.34. The van der Waals surface area contributed by atoms with Crippen LogP contribution in [0.5, 0.6) is 0 Å². The van der Waals surface area contributed by atoms with Gasteiger partial charge in [0.2, 0.25) is 0 Å². The van der Waals surface area contributed by atoms with Crippen molar-refractivity contribution in [2.45, 2.75) is 77.1 Å². The van der Waals surface area contributed by atoms with E-state index in [1.165, 1.54) is 23.4 Å². The zero-order chi connectivity index (χ0) is 17.9. The van der Waals surface area contributed by atoms with Gasteiger partial charge in [0.25, 0.3) is 0 Å². The molecule has 136 valence electrons. The van der Waals surface area contributed by atoms with Crippen molar-refractivity contribution in [3.63, 3.8) is 0 Å². The highest BCUT2D eigenvalue weighted by molar-refractivity contribution is 5.34. The number of aliphatic hydroxyl groups is 1. The minimum atomic E-state index is -0.460. The molecular formula is C22H32N2O. The number of nitrogens with zero attached hydrogens (tertiary/aromatic N) is 1. The van der Waals surface area contributed by atoms with Gasteiger partial charge in [-0.25, -0.2) is 0 Å². The number of rotatable bonds is 6. The Hall–Kier alpha value is -1.74. The van der Waals surface area contributed by atoms with E-state index in [-0.39, 0.29) is 6.17 Å². The van der Waals surface area contributed by atoms with Crippen molar-refractivity contribution in [1.29, 1.82) is 0 Å². The lowest BCUT2D eigenvalue weighted by molar-refractivity contribution is -0.0110. The molecule has 0 saturated heterocycles. The summed E-state index contributed by atoms with van der Waals surface area (Å²) in [5, 5.41) is 14.5. The second kappa shape index (κ2) is 7.65. The molecule has 3 rings (SSSR count). The summed E-state index contributed by atoms with van der Waals surface area (Å²) in [6.45, 7) is 9.28. The van der Waals surface area contributed by atoms with Crippen LogP contribution in [0.2, 0.25) is 0 Å². The van der Waals surface area contributed by atoms with Crippen molar-refractivity contribution < 1.29 is 5.11 Å². The maximum absolute atomic E-state index is 10.9. The van der Waals surface area contributed by atoms with Gasteiger partial charge in [-0.05, 0) is 50.7 Å². The molecule has 1 aromatic rings. The van der Waals surface area contributed by atoms with Crippen molar-refractivity contribution in [2.75, 3.05) is 0 Å². The molecular weight excluding hydrogens is 308 g/mol. The highest BCUT2D eigenvalue weighted by Crippen LogP contribution is 2.35. The standard InChI is InChI=1S/C22H32N2O/c1-17(2)21-18(3)23-20(12-15-22(25)13-8-5-9-14-22)24(21)16-19-10-6-4-7-11-19/h4,6-7,10-11,20,23,25H,1,5,8-9,12-16H2,2-3H3. The van der Waals surface area contributed by atoms with Crippen LogP contribution in [-0.2, 0) is 6.54 Å². The molecule has 1 atom stereocenters. The summed E-state index contributed by atoms with van der Waals surface area (Å²) in [6.07, 6.45) is 7.57. The van der Waals surface area contributed by atoms with Crippen molar-refractivity contribution in [2.24, 2.45) is 0 Å². The molecule has 0 amide bonds. The Morgan fingerprint density at radius 3 is 2.56 bits per heavy atom. The summed E-state index contributed by atoms with van der Waals surface area (Å²) in [6, 6.07) is 10.6. The van der Waals surface area contributed by atoms with E-state index in [1.807, 2.05) is 0 Å². The number of allylic oxidation sites excluding steroid dienone is 2. The second-order valence-corrected chi connectivity index (χ2v) is 7.85. The van der Waals surface area contributed by atoms with E-state index in [0.29, 0.717) is 0 Å². The molecule has 1 aromatic carbocycles. The van der Waals surface area contributed by atoms with Crippen molar-refractivity contribution in [3.8, 4) is 0 Å². The fraction of sp³-hybridized carbons (Fsp3) is 0.545. The quantitative estimate of drug-likeness (QED) is 0.788. The zero-order valence-electron chi connectivity index (χ0n) is 15.7. The summed E-state index contributed by atoms with van der Waals surface area (Å²) in [5.74, 6) is 0. The predicted molar refractivity (Wildman–Crippen MR) is 104 cm³/mol. The summed E-state index contributed by atoms with van der Waals surface area (Å²) in [4.78, 5) is 2.43. The topological polar surface area (TPSA) is 35.5 Å². The van der Waals surface area contributed by atoms with Crippen LogP contribution < -0.4 is 5.32 Å². The predicted octanol–water partition coefficient (Wildman–Crippen LogP) is 4.70. The second-order valence-electron chi connectivity index (χ2n) is 7.85. The Balaban J connectivity index is 1.72. The first-order valence-corrected chi connectivity index (χ1v) is 9.65. The van der Waals surface area contributed by atoms with Crippen molar-refractivity contribution in [3.05, 3.63) is 59.4 Å². The number of nitrogens with one attached hydrogen (secondary N) is 1. The fourth-order valence-electron chi connectivity index (χ4n) is 4.40. The minimum absolute atomic E-state index is 0.234. The lowest BCUT2D eigenvalue weighted by Gasteiger charge is -2.35. The summed E-state index contributed by atoms with van der Waals surface area (Å²) in [5.41, 5.74) is 4.37. The molecule has 1 aliphatic carbocycles. The van der Waals surface area contributed by atoms with Crippen LogP contribution in [0.1, 0.15) is 64.4 Å². The van der Waals surface area contributed by atoms with Gasteiger partial charge in [0.15, 0.2) is 0 Å². The molecule has 1 fully saturated rings. The first kappa shape index (κ1) is 18.1. The first-order valence-electron chi connectivity index (χ1n) is 9.65. The Morgan fingerprint density at radius 2 is 1.92 bits per heavy atom. The smallest absolute Gasteiger partial charge is 0.0993 e. The van der Waals surface area contributed by atoms with Gasteiger partial charge in [0.1, 0.15) is 0 Å². The van der Waals surface area contributed by atoms with E-state index in [1.54, 1.807) is 0 Å². The molecule has 1 heterocycles. The van der Waals surface area contributed by atoms with Crippen LogP contribution in [0.4, 0.5) is 0 Å². The molecule has 0 spiro atoms. The molecule has 3 heteroatoms. The number of hydrogen-bond donors (Lipinski definition) is 2. The maximum Gasteiger partial charge on any atom is 0.0993 e. The molecule has 2 aliphatic rings. The van der Waals surface area contributed by atoms with Crippen molar-refractivity contribution >= 4 is 0 Å². The van der Waals surface area contributed by atoms with Gasteiger partial charge >= 0.3 is 0 Å². The van der Waals surface area contributed by atoms with Crippen LogP contribution in [-0.4, -0.2) is 21.8 Å². The third-order valence-corrected chi connectivity index (χ3v) is 5.67. The molecule has 25 heavy (non-hydrogen) atoms. The minimum Gasteiger partial charge on any atom is -0.390 e. The van der Waals surface area contributed by atoms with Crippen LogP contribution in [0.25, 0.3) is 0 Å². The maximum atomic E-state index is 10.9. The van der Waals surface area contributed by atoms with Gasteiger partial charge in [-0.15, -0.1) is 0 Å². The largest absolute Gasteiger partial charge is 0.390 e. The van der Waals surface area contributed by atoms with E-state index in [9.17, 15) is 5.11 Å². The van der Waals surface area contributed by atoms with E-state index in [0.717, 1.165) is 50.6 Å². The molecule has 2 N–H and O–H groups in total. The monoisotopic (exact) mass is 340 g/mol. The lowest BCUT2D eigenvalue weighted by atomic mass is 9.81.